The lowest BCUT2D eigenvalue weighted by atomic mass is 9.94. The third-order valence-corrected chi connectivity index (χ3v) is 3.24. The first kappa shape index (κ1) is 17.8. The van der Waals surface area contributed by atoms with Crippen LogP contribution < -0.4 is 5.46 Å². The molecule has 1 N–H and O–H groups in total. The predicted molar refractivity (Wildman–Crippen MR) is 68.5 cm³/mol. The van der Waals surface area contributed by atoms with E-state index in [2.05, 4.69) is 4.74 Å². The lowest BCUT2D eigenvalue weighted by Gasteiger charge is -2.19. The van der Waals surface area contributed by atoms with E-state index in [-0.39, 0.29) is 10.5 Å². The van der Waals surface area contributed by atoms with Crippen LogP contribution >= 0.6 is 11.6 Å². The maximum absolute atomic E-state index is 12.6. The van der Waals surface area contributed by atoms with Gasteiger partial charge in [0.1, 0.15) is 13.6 Å². The summed E-state index contributed by atoms with van der Waals surface area (Å²) in [5.74, 6) is -3.33. The van der Waals surface area contributed by atoms with Crippen LogP contribution in [-0.4, -0.2) is 44.8 Å². The molecule has 114 valence electrons. The minimum absolute atomic E-state index is 0.0460. The second kappa shape index (κ2) is 6.24. The van der Waals surface area contributed by atoms with Crippen LogP contribution in [0, 0.1) is 0 Å². The van der Waals surface area contributed by atoms with E-state index < -0.39 is 39.7 Å². The Morgan fingerprint density at radius 1 is 1.43 bits per heavy atom. The van der Waals surface area contributed by atoms with Crippen LogP contribution in [0.25, 0.3) is 0 Å². The van der Waals surface area contributed by atoms with Crippen molar-refractivity contribution < 1.29 is 35.7 Å². The number of halogens is 4. The summed E-state index contributed by atoms with van der Waals surface area (Å²) in [5, 5.41) is -0.220. The van der Waals surface area contributed by atoms with Crippen LogP contribution in [0.2, 0.25) is 5.02 Å². The van der Waals surface area contributed by atoms with Gasteiger partial charge in [-0.3, -0.25) is 4.55 Å². The first-order chi connectivity index (χ1) is 9.40. The Balaban J connectivity index is 3.03. The lowest BCUT2D eigenvalue weighted by Crippen LogP contribution is -2.39. The highest BCUT2D eigenvalue weighted by molar-refractivity contribution is 7.85. The fraction of sp³-hybridized carbons (Fsp3) is 0.300. The second-order valence-electron chi connectivity index (χ2n) is 3.92. The van der Waals surface area contributed by atoms with Crippen LogP contribution in [-0.2, 0) is 14.9 Å². The van der Waals surface area contributed by atoms with E-state index in [9.17, 15) is 26.4 Å². The molecule has 5 nitrogen and oxygen atoms in total. The van der Waals surface area contributed by atoms with Crippen LogP contribution in [0.15, 0.2) is 18.2 Å². The molecule has 0 amide bonds. The van der Waals surface area contributed by atoms with Crippen molar-refractivity contribution in [2.24, 2.45) is 0 Å². The molecule has 0 bridgehead atoms. The fourth-order valence-electron chi connectivity index (χ4n) is 1.28. The van der Waals surface area contributed by atoms with E-state index in [4.69, 9.17) is 24.0 Å². The normalized spacial score (nSPS) is 13.8. The van der Waals surface area contributed by atoms with Crippen molar-refractivity contribution in [2.45, 2.75) is 12.3 Å². The van der Waals surface area contributed by atoms with Gasteiger partial charge in [0.05, 0.1) is 10.6 Å². The molecular formula is C10H7BClF3O5S. The first-order valence-corrected chi connectivity index (χ1v) is 7.17. The molecule has 0 aliphatic rings. The molecule has 2 radical (unpaired) electrons. The highest BCUT2D eigenvalue weighted by atomic mass is 35.5. The maximum atomic E-state index is 12.6. The quantitative estimate of drug-likeness (QED) is 0.504. The summed E-state index contributed by atoms with van der Waals surface area (Å²) in [4.78, 5) is 11.6. The number of alkyl halides is 3. The molecule has 1 aromatic rings. The molecule has 1 aromatic carbocycles. The summed E-state index contributed by atoms with van der Waals surface area (Å²) < 4.78 is 71.4. The zero-order valence-electron chi connectivity index (χ0n) is 10.1. The van der Waals surface area contributed by atoms with Gasteiger partial charge in [0.15, 0.2) is 0 Å². The van der Waals surface area contributed by atoms with Gasteiger partial charge in [-0.2, -0.15) is 21.6 Å². The van der Waals surface area contributed by atoms with E-state index >= 15 is 0 Å². The van der Waals surface area contributed by atoms with Gasteiger partial charge in [0, 0.05) is 0 Å². The Hall–Kier alpha value is -1.26. The summed E-state index contributed by atoms with van der Waals surface area (Å²) in [7, 11) is 0.352. The highest BCUT2D eigenvalue weighted by Crippen LogP contribution is 2.26. The summed E-state index contributed by atoms with van der Waals surface area (Å²) in [6.07, 6.45) is -8.21. The predicted octanol–water partition coefficient (Wildman–Crippen LogP) is 1.11. The van der Waals surface area contributed by atoms with Crippen molar-refractivity contribution in [3.8, 4) is 0 Å². The molecule has 0 aromatic heterocycles. The Kier molecular flexibility index (Phi) is 5.29. The van der Waals surface area contributed by atoms with Gasteiger partial charge in [-0.15, -0.1) is 0 Å². The molecule has 0 fully saturated rings. The van der Waals surface area contributed by atoms with Crippen molar-refractivity contribution in [3.63, 3.8) is 0 Å². The van der Waals surface area contributed by atoms with Gasteiger partial charge >= 0.3 is 12.1 Å². The minimum Gasteiger partial charge on any atom is -0.448 e. The molecule has 21 heavy (non-hydrogen) atoms. The number of ether oxygens (including phenoxy) is 1. The van der Waals surface area contributed by atoms with Gasteiger partial charge in [-0.05, 0) is 6.07 Å². The fourth-order valence-corrected chi connectivity index (χ4v) is 2.11. The van der Waals surface area contributed by atoms with Gasteiger partial charge in [-0.1, -0.05) is 29.2 Å². The third kappa shape index (κ3) is 5.56. The highest BCUT2D eigenvalue weighted by Gasteiger charge is 2.45. The second-order valence-corrected chi connectivity index (χ2v) is 5.83. The molecule has 0 spiro atoms. The standard InChI is InChI=1S/C10H7BClF3O5S/c11-5-1-2-7(12)6(3-5)9(16)20-8(10(13,14)15)4-21(17,18)19/h1-3,8H,4H2,(H,17,18,19). The minimum atomic E-state index is -5.18. The van der Waals surface area contributed by atoms with Gasteiger partial charge in [-0.25, -0.2) is 4.79 Å². The number of hydrogen-bond donors (Lipinski definition) is 1. The van der Waals surface area contributed by atoms with Gasteiger partial charge in [0.2, 0.25) is 6.10 Å². The van der Waals surface area contributed by atoms with E-state index in [1.165, 1.54) is 12.1 Å². The molecular weight excluding hydrogens is 335 g/mol. The molecule has 1 rings (SSSR count). The maximum Gasteiger partial charge on any atom is 0.426 e. The van der Waals surface area contributed by atoms with E-state index in [0.717, 1.165) is 6.07 Å². The Morgan fingerprint density at radius 2 is 2.00 bits per heavy atom. The van der Waals surface area contributed by atoms with Crippen LogP contribution in [0.1, 0.15) is 10.4 Å². The smallest absolute Gasteiger partial charge is 0.426 e. The molecule has 0 heterocycles. The Morgan fingerprint density at radius 3 is 2.48 bits per heavy atom. The van der Waals surface area contributed by atoms with Crippen molar-refractivity contribution in [1.29, 1.82) is 0 Å². The molecule has 0 saturated carbocycles. The van der Waals surface area contributed by atoms with E-state index in [1.54, 1.807) is 0 Å². The van der Waals surface area contributed by atoms with Crippen LogP contribution in [0.4, 0.5) is 13.2 Å². The number of esters is 1. The Labute approximate surface area is 124 Å². The topological polar surface area (TPSA) is 80.7 Å². The molecule has 11 heteroatoms. The zero-order chi connectivity index (χ0) is 16.4. The summed E-state index contributed by atoms with van der Waals surface area (Å²) >= 11 is 5.62. The van der Waals surface area contributed by atoms with Crippen molar-refractivity contribution in [1.82, 2.24) is 0 Å². The van der Waals surface area contributed by atoms with Gasteiger partial charge < -0.3 is 4.74 Å². The average Bonchev–Trinajstić information content (AvgIpc) is 2.28. The van der Waals surface area contributed by atoms with Crippen molar-refractivity contribution >= 4 is 41.0 Å². The van der Waals surface area contributed by atoms with Gasteiger partial charge in [0.25, 0.3) is 10.1 Å². The number of carbonyl (C=O) groups is 1. The summed E-state index contributed by atoms with van der Waals surface area (Å²) in [6.45, 7) is 0. The SMILES string of the molecule is [B]c1ccc(Cl)c(C(=O)OC(CS(=O)(=O)O)C(F)(F)F)c1. The average molecular weight is 342 g/mol. The molecule has 0 aliphatic heterocycles. The van der Waals surface area contributed by atoms with Crippen LogP contribution in [0.3, 0.4) is 0 Å². The number of carbonyl (C=O) groups excluding carboxylic acids is 1. The first-order valence-electron chi connectivity index (χ1n) is 5.18. The summed E-state index contributed by atoms with van der Waals surface area (Å²) in [5.41, 5.74) is -0.411. The summed E-state index contributed by atoms with van der Waals surface area (Å²) in [6, 6.07) is 3.45. The zero-order valence-corrected chi connectivity index (χ0v) is 11.7. The number of hydrogen-bond acceptors (Lipinski definition) is 4. The molecule has 0 saturated heterocycles. The number of benzene rings is 1. The molecule has 1 unspecified atom stereocenters. The van der Waals surface area contributed by atoms with E-state index in [0.29, 0.717) is 0 Å². The Bertz CT molecular complexity index is 647. The largest absolute Gasteiger partial charge is 0.448 e. The number of rotatable bonds is 4. The lowest BCUT2D eigenvalue weighted by molar-refractivity contribution is -0.197. The van der Waals surface area contributed by atoms with Crippen LogP contribution in [0.5, 0.6) is 0 Å². The third-order valence-electron chi connectivity index (χ3n) is 2.19. The van der Waals surface area contributed by atoms with Crippen molar-refractivity contribution in [2.75, 3.05) is 5.75 Å². The van der Waals surface area contributed by atoms with E-state index in [1.807, 2.05) is 0 Å². The monoisotopic (exact) mass is 342 g/mol. The molecule has 1 atom stereocenters. The van der Waals surface area contributed by atoms with Crippen molar-refractivity contribution in [3.05, 3.63) is 28.8 Å². The molecule has 0 aliphatic carbocycles.